The topological polar surface area (TPSA) is 12.5 Å². The Morgan fingerprint density at radius 3 is 1.44 bits per heavy atom. The Hall–Kier alpha value is -8.63. The van der Waals surface area contributed by atoms with Gasteiger partial charge in [-0.05, 0) is 133 Å². The van der Waals surface area contributed by atoms with Gasteiger partial charge in [0.1, 0.15) is 11.5 Å². The van der Waals surface area contributed by atoms with E-state index in [1.54, 1.807) is 0 Å². The van der Waals surface area contributed by atoms with Crippen molar-refractivity contribution in [1.29, 1.82) is 0 Å². The van der Waals surface area contributed by atoms with Crippen molar-refractivity contribution in [2.75, 3.05) is 4.90 Å². The summed E-state index contributed by atoms with van der Waals surface area (Å²) >= 11 is 1.88. The van der Waals surface area contributed by atoms with Crippen LogP contribution in [0.1, 0.15) is 44.5 Å². The van der Waals surface area contributed by atoms with Gasteiger partial charge in [-0.25, -0.2) is 0 Å². The molecule has 0 amide bonds. The summed E-state index contributed by atoms with van der Waals surface area (Å²) in [5.74, 6) is 1.79. The van der Waals surface area contributed by atoms with Gasteiger partial charge in [-0.2, -0.15) is 0 Å². The lowest BCUT2D eigenvalue weighted by molar-refractivity contribution is 0.436. The molecule has 2 spiro atoms. The van der Waals surface area contributed by atoms with E-state index in [9.17, 15) is 0 Å². The molecule has 2 aliphatic heterocycles. The maximum absolute atomic E-state index is 6.70. The molecule has 0 unspecified atom stereocenters. The Labute approximate surface area is 418 Å². The fraction of sp³-hybridized carbons (Fsp3) is 0.0294. The van der Waals surface area contributed by atoms with Gasteiger partial charge < -0.3 is 9.64 Å². The zero-order chi connectivity index (χ0) is 46.7. The van der Waals surface area contributed by atoms with Crippen LogP contribution in [-0.4, -0.2) is 0 Å². The van der Waals surface area contributed by atoms with Crippen molar-refractivity contribution in [2.24, 2.45) is 0 Å². The molecule has 0 N–H and O–H groups in total. The molecule has 0 aromatic heterocycles. The van der Waals surface area contributed by atoms with Crippen LogP contribution in [0.25, 0.3) is 44.5 Å². The van der Waals surface area contributed by atoms with Crippen LogP contribution >= 0.6 is 11.8 Å². The minimum atomic E-state index is -0.560. The Morgan fingerprint density at radius 1 is 0.296 bits per heavy atom. The van der Waals surface area contributed by atoms with E-state index < -0.39 is 10.8 Å². The first-order valence-corrected chi connectivity index (χ1v) is 25.3. The summed E-state index contributed by atoms with van der Waals surface area (Å²) < 4.78 is 6.70. The number of hydrogen-bond donors (Lipinski definition) is 0. The highest BCUT2D eigenvalue weighted by atomic mass is 32.2. The second kappa shape index (κ2) is 15.4. The molecule has 0 fully saturated rings. The Balaban J connectivity index is 0.980. The molecule has 0 atom stereocenters. The molecular formula is C68H43NOS. The summed E-state index contributed by atoms with van der Waals surface area (Å²) in [4.78, 5) is 5.12. The monoisotopic (exact) mass is 921 g/mol. The summed E-state index contributed by atoms with van der Waals surface area (Å²) in [6, 6.07) is 96.6. The molecule has 2 nitrogen and oxygen atoms in total. The van der Waals surface area contributed by atoms with E-state index in [1.165, 1.54) is 87.7 Å². The number of para-hydroxylation sites is 2. The number of anilines is 3. The van der Waals surface area contributed by atoms with Crippen LogP contribution in [0.2, 0.25) is 0 Å². The molecule has 11 aromatic rings. The quantitative estimate of drug-likeness (QED) is 0.171. The Kier molecular flexibility index (Phi) is 8.76. The molecule has 0 saturated carbocycles. The fourth-order valence-electron chi connectivity index (χ4n) is 12.8. The van der Waals surface area contributed by atoms with Gasteiger partial charge in [0, 0.05) is 37.9 Å². The third kappa shape index (κ3) is 5.61. The van der Waals surface area contributed by atoms with Crippen LogP contribution in [0.5, 0.6) is 11.5 Å². The van der Waals surface area contributed by atoms with Gasteiger partial charge in [0.15, 0.2) is 0 Å². The highest BCUT2D eigenvalue weighted by molar-refractivity contribution is 7.99. The van der Waals surface area contributed by atoms with Crippen molar-refractivity contribution in [3.05, 3.63) is 305 Å². The summed E-state index contributed by atoms with van der Waals surface area (Å²) in [5.41, 5.74) is 22.1. The van der Waals surface area contributed by atoms with E-state index in [-0.39, 0.29) is 0 Å². The zero-order valence-electron chi connectivity index (χ0n) is 38.6. The van der Waals surface area contributed by atoms with Crippen molar-refractivity contribution in [1.82, 2.24) is 0 Å². The first-order valence-electron chi connectivity index (χ1n) is 24.5. The van der Waals surface area contributed by atoms with Gasteiger partial charge in [-0.3, -0.25) is 0 Å². The summed E-state index contributed by atoms with van der Waals surface area (Å²) in [5, 5.41) is 0. The lowest BCUT2D eigenvalue weighted by atomic mass is 9.66. The normalized spacial score (nSPS) is 14.2. The van der Waals surface area contributed by atoms with Crippen LogP contribution in [0, 0.1) is 0 Å². The van der Waals surface area contributed by atoms with Crippen LogP contribution in [-0.2, 0) is 10.8 Å². The molecule has 2 heterocycles. The lowest BCUT2D eigenvalue weighted by Crippen LogP contribution is -2.32. The molecule has 2 aliphatic carbocycles. The molecule has 0 saturated heterocycles. The van der Waals surface area contributed by atoms with Gasteiger partial charge in [-0.15, -0.1) is 0 Å². The van der Waals surface area contributed by atoms with Crippen molar-refractivity contribution < 1.29 is 4.74 Å². The Morgan fingerprint density at radius 2 is 0.761 bits per heavy atom. The van der Waals surface area contributed by atoms with Crippen LogP contribution in [0.4, 0.5) is 17.1 Å². The second-order valence-electron chi connectivity index (χ2n) is 19.0. The van der Waals surface area contributed by atoms with E-state index in [4.69, 9.17) is 4.74 Å². The number of ether oxygens (including phenoxy) is 1. The average molecular weight is 922 g/mol. The predicted octanol–water partition coefficient (Wildman–Crippen LogP) is 17.8. The number of fused-ring (bicyclic) bond motifs is 18. The average Bonchev–Trinajstić information content (AvgIpc) is 3.90. The van der Waals surface area contributed by atoms with Crippen molar-refractivity contribution in [2.45, 2.75) is 20.6 Å². The van der Waals surface area contributed by atoms with E-state index in [1.807, 2.05) is 11.8 Å². The number of nitrogens with zero attached hydrogens (tertiary/aromatic N) is 1. The van der Waals surface area contributed by atoms with E-state index in [2.05, 4.69) is 266 Å². The van der Waals surface area contributed by atoms with Gasteiger partial charge in [0.05, 0.1) is 16.5 Å². The first kappa shape index (κ1) is 40.3. The minimum Gasteiger partial charge on any atom is -0.457 e. The minimum absolute atomic E-state index is 0.507. The smallest absolute Gasteiger partial charge is 0.132 e. The number of benzene rings is 11. The molecule has 332 valence electrons. The maximum Gasteiger partial charge on any atom is 0.132 e. The molecule has 71 heavy (non-hydrogen) atoms. The lowest BCUT2D eigenvalue weighted by Gasteiger charge is -2.40. The predicted molar refractivity (Wildman–Crippen MR) is 291 cm³/mol. The molecule has 15 rings (SSSR count). The molecule has 0 bridgehead atoms. The van der Waals surface area contributed by atoms with Gasteiger partial charge in [0.2, 0.25) is 0 Å². The fourth-order valence-corrected chi connectivity index (χ4v) is 14.0. The van der Waals surface area contributed by atoms with E-state index >= 15 is 0 Å². The van der Waals surface area contributed by atoms with Crippen LogP contribution in [0.15, 0.2) is 271 Å². The van der Waals surface area contributed by atoms with Gasteiger partial charge >= 0.3 is 0 Å². The number of rotatable bonds is 5. The molecule has 4 aliphatic rings. The third-order valence-corrected chi connectivity index (χ3v) is 16.8. The Bertz CT molecular complexity index is 3870. The molecule has 11 aromatic carbocycles. The third-order valence-electron chi connectivity index (χ3n) is 15.6. The largest absolute Gasteiger partial charge is 0.457 e. The van der Waals surface area contributed by atoms with Gasteiger partial charge in [-0.1, -0.05) is 212 Å². The van der Waals surface area contributed by atoms with Crippen LogP contribution in [0.3, 0.4) is 0 Å². The zero-order valence-corrected chi connectivity index (χ0v) is 39.4. The highest BCUT2D eigenvalue weighted by Gasteiger charge is 2.53. The van der Waals surface area contributed by atoms with E-state index in [0.717, 1.165) is 39.7 Å². The van der Waals surface area contributed by atoms with Crippen molar-refractivity contribution >= 4 is 28.8 Å². The SMILES string of the molecule is c1ccc(-c2cccc(-c3ccc(N(c4ccc5c(c4)-c4ccccc4C54c5ccccc5Oc5ccccc54)c4cccc5c4-c4ccccc4C54c5ccccc5Sc5ccccc54)cc3)c2)cc1. The molecule has 3 heteroatoms. The molecular weight excluding hydrogens is 879 g/mol. The highest BCUT2D eigenvalue weighted by Crippen LogP contribution is 2.66. The van der Waals surface area contributed by atoms with Gasteiger partial charge in [0.25, 0.3) is 0 Å². The van der Waals surface area contributed by atoms with Crippen LogP contribution < -0.4 is 9.64 Å². The second-order valence-corrected chi connectivity index (χ2v) is 20.1. The first-order chi connectivity index (χ1) is 35.2. The summed E-state index contributed by atoms with van der Waals surface area (Å²) in [6.07, 6.45) is 0. The molecule has 0 radical (unpaired) electrons. The van der Waals surface area contributed by atoms with Crippen molar-refractivity contribution in [3.8, 4) is 56.0 Å². The van der Waals surface area contributed by atoms with E-state index in [0.29, 0.717) is 0 Å². The van der Waals surface area contributed by atoms with Crippen molar-refractivity contribution in [3.63, 3.8) is 0 Å². The summed E-state index contributed by atoms with van der Waals surface area (Å²) in [7, 11) is 0. The summed E-state index contributed by atoms with van der Waals surface area (Å²) in [6.45, 7) is 0. The number of hydrogen-bond acceptors (Lipinski definition) is 3. The maximum atomic E-state index is 6.70. The standard InChI is InChI=1S/C68H43NOS/c1-2-18-44(19-3-1)46-20-16-21-47(42-46)45-36-38-48(39-37-45)69(49-40-41-55-52(43-49)50-22-4-6-24-53(50)67(55)56-26-8-12-32-62(56)70-63-33-13-9-27-57(63)67)61-31-17-30-60-66(61)51-23-5-7-25-54(51)68(60)58-28-10-14-34-64(58)71-65-35-15-11-29-59(65)68/h1-43H.